The normalized spacial score (nSPS) is 18.0. The standard InChI is InChI=1S/C14H19NO2.C2H2O4/c16-11-17-14(12-6-2-1-3-7-12)10-13-8-4-5-9-15-13;3-1(4)2(5)6/h1-3,6-7,11,13-15H,4-5,8-10H2;(H,3,4)(H,5,6). The van der Waals surface area contributed by atoms with Crippen LogP contribution >= 0.6 is 0 Å². The summed E-state index contributed by atoms with van der Waals surface area (Å²) in [4.78, 5) is 28.8. The Morgan fingerprint density at radius 3 is 2.35 bits per heavy atom. The summed E-state index contributed by atoms with van der Waals surface area (Å²) in [5.74, 6) is -3.65. The first-order valence-electron chi connectivity index (χ1n) is 7.38. The van der Waals surface area contributed by atoms with Gasteiger partial charge in [0.05, 0.1) is 0 Å². The molecule has 1 heterocycles. The highest BCUT2D eigenvalue weighted by Gasteiger charge is 2.20. The van der Waals surface area contributed by atoms with E-state index in [9.17, 15) is 4.79 Å². The van der Waals surface area contributed by atoms with E-state index in [1.807, 2.05) is 30.3 Å². The first-order chi connectivity index (χ1) is 11.0. The Kier molecular flexibility index (Phi) is 8.38. The Morgan fingerprint density at radius 2 is 1.87 bits per heavy atom. The van der Waals surface area contributed by atoms with Crippen molar-refractivity contribution in [1.82, 2.24) is 5.32 Å². The fraction of sp³-hybridized carbons (Fsp3) is 0.438. The predicted molar refractivity (Wildman–Crippen MR) is 81.9 cm³/mol. The summed E-state index contributed by atoms with van der Waals surface area (Å²) in [5, 5.41) is 18.3. The zero-order chi connectivity index (χ0) is 17.1. The maximum Gasteiger partial charge on any atom is 0.414 e. The van der Waals surface area contributed by atoms with Crippen LogP contribution < -0.4 is 5.32 Å². The number of rotatable bonds is 5. The highest BCUT2D eigenvalue weighted by atomic mass is 16.5. The molecule has 3 N–H and O–H groups in total. The second kappa shape index (κ2) is 10.3. The van der Waals surface area contributed by atoms with Gasteiger partial charge in [-0.3, -0.25) is 4.79 Å². The van der Waals surface area contributed by atoms with Crippen molar-refractivity contribution in [2.24, 2.45) is 0 Å². The summed E-state index contributed by atoms with van der Waals surface area (Å²) >= 11 is 0. The van der Waals surface area contributed by atoms with Gasteiger partial charge in [-0.1, -0.05) is 36.8 Å². The number of carboxylic acid groups (broad SMARTS) is 2. The molecule has 0 radical (unpaired) electrons. The van der Waals surface area contributed by atoms with Crippen LogP contribution in [0.15, 0.2) is 30.3 Å². The van der Waals surface area contributed by atoms with Crippen molar-refractivity contribution < 1.29 is 29.3 Å². The van der Waals surface area contributed by atoms with Crippen LogP contribution in [0.3, 0.4) is 0 Å². The molecular formula is C16H21NO6. The van der Waals surface area contributed by atoms with E-state index in [2.05, 4.69) is 5.32 Å². The second-order valence-electron chi connectivity index (χ2n) is 5.12. The summed E-state index contributed by atoms with van der Waals surface area (Å²) in [6, 6.07) is 10.4. The van der Waals surface area contributed by atoms with Crippen molar-refractivity contribution in [2.75, 3.05) is 6.54 Å². The third-order valence-corrected chi connectivity index (χ3v) is 3.49. The van der Waals surface area contributed by atoms with E-state index >= 15 is 0 Å². The van der Waals surface area contributed by atoms with Crippen molar-refractivity contribution in [3.63, 3.8) is 0 Å². The number of nitrogens with one attached hydrogen (secondary N) is 1. The summed E-state index contributed by atoms with van der Waals surface area (Å²) in [6.07, 6.45) is 4.43. The molecule has 1 fully saturated rings. The molecule has 0 bridgehead atoms. The van der Waals surface area contributed by atoms with Gasteiger partial charge in [-0.15, -0.1) is 0 Å². The molecule has 126 valence electrons. The van der Waals surface area contributed by atoms with Crippen molar-refractivity contribution in [1.29, 1.82) is 0 Å². The number of piperidine rings is 1. The molecule has 0 aliphatic carbocycles. The van der Waals surface area contributed by atoms with E-state index in [4.69, 9.17) is 24.5 Å². The van der Waals surface area contributed by atoms with E-state index < -0.39 is 11.9 Å². The van der Waals surface area contributed by atoms with E-state index in [1.165, 1.54) is 19.3 Å². The van der Waals surface area contributed by atoms with E-state index in [-0.39, 0.29) is 6.10 Å². The van der Waals surface area contributed by atoms with Crippen LogP contribution in [0.4, 0.5) is 0 Å². The molecule has 0 spiro atoms. The molecule has 1 aromatic carbocycles. The second-order valence-corrected chi connectivity index (χ2v) is 5.12. The van der Waals surface area contributed by atoms with Gasteiger partial charge >= 0.3 is 11.9 Å². The number of hydrogen-bond donors (Lipinski definition) is 3. The molecule has 1 aliphatic heterocycles. The number of hydrogen-bond acceptors (Lipinski definition) is 5. The number of ether oxygens (including phenoxy) is 1. The topological polar surface area (TPSA) is 113 Å². The molecule has 7 nitrogen and oxygen atoms in total. The van der Waals surface area contributed by atoms with Crippen LogP contribution in [0.1, 0.15) is 37.4 Å². The van der Waals surface area contributed by atoms with E-state index in [0.29, 0.717) is 12.5 Å². The van der Waals surface area contributed by atoms with E-state index in [1.54, 1.807) is 0 Å². The Labute approximate surface area is 134 Å². The van der Waals surface area contributed by atoms with Crippen LogP contribution in [0.25, 0.3) is 0 Å². The fourth-order valence-corrected chi connectivity index (χ4v) is 2.39. The summed E-state index contributed by atoms with van der Waals surface area (Å²) in [5.41, 5.74) is 1.08. The van der Waals surface area contributed by atoms with Gasteiger partial charge in [0.2, 0.25) is 0 Å². The smallest absolute Gasteiger partial charge is 0.414 e. The lowest BCUT2D eigenvalue weighted by Gasteiger charge is -2.27. The SMILES string of the molecule is O=C(O)C(=O)O.O=COC(CC1CCCCN1)c1ccccc1. The van der Waals surface area contributed by atoms with Gasteiger partial charge in [-0.2, -0.15) is 0 Å². The molecule has 0 saturated carbocycles. The molecule has 1 saturated heterocycles. The zero-order valence-electron chi connectivity index (χ0n) is 12.7. The fourth-order valence-electron chi connectivity index (χ4n) is 2.39. The molecule has 1 aliphatic rings. The molecule has 7 heteroatoms. The Balaban J connectivity index is 0.000000379. The molecular weight excluding hydrogens is 302 g/mol. The molecule has 2 rings (SSSR count). The summed E-state index contributed by atoms with van der Waals surface area (Å²) in [7, 11) is 0. The number of carbonyl (C=O) groups excluding carboxylic acids is 1. The van der Waals surface area contributed by atoms with E-state index in [0.717, 1.165) is 18.5 Å². The highest BCUT2D eigenvalue weighted by molar-refractivity contribution is 6.27. The number of carboxylic acids is 2. The largest absolute Gasteiger partial charge is 0.473 e. The average Bonchev–Trinajstić information content (AvgIpc) is 2.57. The van der Waals surface area contributed by atoms with Gasteiger partial charge in [-0.25, -0.2) is 9.59 Å². The molecule has 0 aromatic heterocycles. The molecule has 2 atom stereocenters. The van der Waals surface area contributed by atoms with Crippen LogP contribution in [-0.4, -0.2) is 41.2 Å². The van der Waals surface area contributed by atoms with Crippen molar-refractivity contribution in [2.45, 2.75) is 37.8 Å². The minimum absolute atomic E-state index is 0.121. The summed E-state index contributed by atoms with van der Waals surface area (Å²) < 4.78 is 5.21. The van der Waals surface area contributed by atoms with Crippen LogP contribution in [0, 0.1) is 0 Å². The third-order valence-electron chi connectivity index (χ3n) is 3.49. The minimum Gasteiger partial charge on any atom is -0.473 e. The zero-order valence-corrected chi connectivity index (χ0v) is 12.7. The lowest BCUT2D eigenvalue weighted by atomic mass is 9.96. The summed E-state index contributed by atoms with van der Waals surface area (Å²) in [6.45, 7) is 1.63. The van der Waals surface area contributed by atoms with Gasteiger partial charge in [0.25, 0.3) is 6.47 Å². The van der Waals surface area contributed by atoms with Crippen LogP contribution in [0.2, 0.25) is 0 Å². The minimum atomic E-state index is -1.82. The Morgan fingerprint density at radius 1 is 1.22 bits per heavy atom. The highest BCUT2D eigenvalue weighted by Crippen LogP contribution is 2.24. The molecule has 23 heavy (non-hydrogen) atoms. The third kappa shape index (κ3) is 7.42. The Bertz CT molecular complexity index is 487. The first kappa shape index (κ1) is 18.6. The quantitative estimate of drug-likeness (QED) is 0.557. The Hall–Kier alpha value is -2.41. The van der Waals surface area contributed by atoms with Gasteiger partial charge in [-0.05, 0) is 24.9 Å². The number of aliphatic carboxylic acids is 2. The van der Waals surface area contributed by atoms with Crippen molar-refractivity contribution in [3.8, 4) is 0 Å². The lowest BCUT2D eigenvalue weighted by molar-refractivity contribution is -0.159. The van der Waals surface area contributed by atoms with Gasteiger partial charge in [0.15, 0.2) is 0 Å². The first-order valence-corrected chi connectivity index (χ1v) is 7.38. The van der Waals surface area contributed by atoms with Crippen LogP contribution in [-0.2, 0) is 19.1 Å². The maximum absolute atomic E-state index is 10.6. The molecule has 0 amide bonds. The lowest BCUT2D eigenvalue weighted by Crippen LogP contribution is -2.35. The number of carbonyl (C=O) groups is 3. The molecule has 2 unspecified atom stereocenters. The average molecular weight is 323 g/mol. The van der Waals surface area contributed by atoms with Crippen molar-refractivity contribution in [3.05, 3.63) is 35.9 Å². The van der Waals surface area contributed by atoms with Crippen molar-refractivity contribution >= 4 is 18.4 Å². The number of benzene rings is 1. The van der Waals surface area contributed by atoms with Gasteiger partial charge in [0, 0.05) is 12.5 Å². The predicted octanol–water partition coefficient (Wildman–Crippen LogP) is 1.59. The van der Waals surface area contributed by atoms with Crippen LogP contribution in [0.5, 0.6) is 0 Å². The van der Waals surface area contributed by atoms with Gasteiger partial charge < -0.3 is 20.3 Å². The van der Waals surface area contributed by atoms with Gasteiger partial charge in [0.1, 0.15) is 6.10 Å². The monoisotopic (exact) mass is 323 g/mol. The molecule has 1 aromatic rings. The maximum atomic E-state index is 10.6.